The first-order chi connectivity index (χ1) is 9.06. The van der Waals surface area contributed by atoms with Crippen LogP contribution in [0, 0.1) is 0 Å². The van der Waals surface area contributed by atoms with Crippen molar-refractivity contribution in [1.29, 1.82) is 0 Å². The van der Waals surface area contributed by atoms with E-state index in [2.05, 4.69) is 11.6 Å². The number of hydrogen-bond acceptors (Lipinski definition) is 5. The average molecular weight is 321 g/mol. The molecule has 0 spiro atoms. The largest absolute Gasteiger partial charge is 0.391 e. The van der Waals surface area contributed by atoms with Crippen molar-refractivity contribution in [1.82, 2.24) is 4.72 Å². The molecule has 19 heavy (non-hydrogen) atoms. The molecule has 2 unspecified atom stereocenters. The van der Waals surface area contributed by atoms with E-state index in [-0.39, 0.29) is 12.6 Å². The van der Waals surface area contributed by atoms with Gasteiger partial charge in [-0.1, -0.05) is 13.3 Å². The number of rotatable bonds is 6. The summed E-state index contributed by atoms with van der Waals surface area (Å²) in [7, 11) is -3.44. The van der Waals surface area contributed by atoms with Crippen LogP contribution in [0.25, 0.3) is 0 Å². The molecule has 2 atom stereocenters. The SMILES string of the molecule is CCSC1CCCC1NS(=O)(=O)c1ccc(CO)s1. The monoisotopic (exact) mass is 321 g/mol. The quantitative estimate of drug-likeness (QED) is 0.843. The molecular weight excluding hydrogens is 302 g/mol. The van der Waals surface area contributed by atoms with Gasteiger partial charge in [0.25, 0.3) is 0 Å². The van der Waals surface area contributed by atoms with Crippen molar-refractivity contribution in [3.8, 4) is 0 Å². The Balaban J connectivity index is 2.08. The van der Waals surface area contributed by atoms with Gasteiger partial charge in [-0.3, -0.25) is 0 Å². The van der Waals surface area contributed by atoms with Crippen molar-refractivity contribution < 1.29 is 13.5 Å². The van der Waals surface area contributed by atoms with E-state index < -0.39 is 10.0 Å². The molecule has 0 amide bonds. The Bertz CT molecular complexity index is 512. The average Bonchev–Trinajstić information content (AvgIpc) is 2.99. The number of thioether (sulfide) groups is 1. The van der Waals surface area contributed by atoms with Crippen molar-refractivity contribution in [3.05, 3.63) is 17.0 Å². The molecule has 108 valence electrons. The summed E-state index contributed by atoms with van der Waals surface area (Å²) in [5.41, 5.74) is 0. The van der Waals surface area contributed by atoms with Gasteiger partial charge in [-0.25, -0.2) is 13.1 Å². The maximum Gasteiger partial charge on any atom is 0.250 e. The zero-order chi connectivity index (χ0) is 13.9. The lowest BCUT2D eigenvalue weighted by Gasteiger charge is -2.19. The number of aliphatic hydroxyl groups is 1. The minimum Gasteiger partial charge on any atom is -0.391 e. The molecule has 0 saturated heterocycles. The van der Waals surface area contributed by atoms with Gasteiger partial charge in [0, 0.05) is 16.2 Å². The summed E-state index contributed by atoms with van der Waals surface area (Å²) in [6.07, 6.45) is 3.07. The molecule has 1 aliphatic rings. The van der Waals surface area contributed by atoms with Crippen molar-refractivity contribution in [3.63, 3.8) is 0 Å². The van der Waals surface area contributed by atoms with Gasteiger partial charge < -0.3 is 5.11 Å². The summed E-state index contributed by atoms with van der Waals surface area (Å²) in [5, 5.41) is 9.39. The van der Waals surface area contributed by atoms with Crippen LogP contribution in [0.15, 0.2) is 16.3 Å². The van der Waals surface area contributed by atoms with Gasteiger partial charge in [0.05, 0.1) is 6.61 Å². The van der Waals surface area contributed by atoms with Crippen LogP contribution in [0.3, 0.4) is 0 Å². The highest BCUT2D eigenvalue weighted by Crippen LogP contribution is 2.31. The second-order valence-electron chi connectivity index (χ2n) is 4.53. The van der Waals surface area contributed by atoms with Crippen LogP contribution in [0.4, 0.5) is 0 Å². The maximum atomic E-state index is 12.3. The molecular formula is C12H19NO3S3. The molecule has 1 fully saturated rings. The van der Waals surface area contributed by atoms with E-state index in [1.807, 2.05) is 11.8 Å². The summed E-state index contributed by atoms with van der Waals surface area (Å²) < 4.78 is 27.7. The number of hydrogen-bond donors (Lipinski definition) is 2. The van der Waals surface area contributed by atoms with Crippen LogP contribution in [-0.2, 0) is 16.6 Å². The fraction of sp³-hybridized carbons (Fsp3) is 0.667. The first kappa shape index (κ1) is 15.3. The van der Waals surface area contributed by atoms with Gasteiger partial charge in [-0.15, -0.1) is 11.3 Å². The highest BCUT2D eigenvalue weighted by atomic mass is 32.2. The van der Waals surface area contributed by atoms with Gasteiger partial charge in [0.15, 0.2) is 0 Å². The van der Waals surface area contributed by atoms with Crippen molar-refractivity contribution in [2.45, 2.75) is 48.3 Å². The lowest BCUT2D eigenvalue weighted by atomic mass is 10.3. The molecule has 0 aromatic carbocycles. The Hall–Kier alpha value is -0.0800. The van der Waals surface area contributed by atoms with E-state index >= 15 is 0 Å². The molecule has 1 aromatic heterocycles. The van der Waals surface area contributed by atoms with E-state index in [9.17, 15) is 8.42 Å². The zero-order valence-electron chi connectivity index (χ0n) is 10.8. The molecule has 1 heterocycles. The molecule has 0 radical (unpaired) electrons. The fourth-order valence-electron chi connectivity index (χ4n) is 2.32. The van der Waals surface area contributed by atoms with E-state index in [0.717, 1.165) is 36.4 Å². The van der Waals surface area contributed by atoms with Crippen LogP contribution >= 0.6 is 23.1 Å². The molecule has 4 nitrogen and oxygen atoms in total. The Kier molecular flexibility index (Phi) is 5.30. The molecule has 1 saturated carbocycles. The lowest BCUT2D eigenvalue weighted by Crippen LogP contribution is -2.38. The molecule has 0 aliphatic heterocycles. The smallest absolute Gasteiger partial charge is 0.250 e. The molecule has 2 rings (SSSR count). The van der Waals surface area contributed by atoms with E-state index in [1.54, 1.807) is 12.1 Å². The summed E-state index contributed by atoms with van der Waals surface area (Å²) >= 11 is 2.96. The van der Waals surface area contributed by atoms with E-state index in [4.69, 9.17) is 5.11 Å². The van der Waals surface area contributed by atoms with Crippen molar-refractivity contribution in [2.75, 3.05) is 5.75 Å². The zero-order valence-corrected chi connectivity index (χ0v) is 13.3. The highest BCUT2D eigenvalue weighted by Gasteiger charge is 2.31. The van der Waals surface area contributed by atoms with Gasteiger partial charge in [0.2, 0.25) is 10.0 Å². The minimum absolute atomic E-state index is 0.0367. The maximum absolute atomic E-state index is 12.3. The number of thiophene rings is 1. The normalized spacial score (nSPS) is 23.9. The van der Waals surface area contributed by atoms with E-state index in [1.165, 1.54) is 0 Å². The molecule has 1 aliphatic carbocycles. The second kappa shape index (κ2) is 6.58. The van der Waals surface area contributed by atoms with Crippen LogP contribution in [0.2, 0.25) is 0 Å². The second-order valence-corrected chi connectivity index (χ2v) is 9.16. The van der Waals surface area contributed by atoms with Crippen molar-refractivity contribution >= 4 is 33.1 Å². The van der Waals surface area contributed by atoms with Crippen LogP contribution in [-0.4, -0.2) is 30.6 Å². The highest BCUT2D eigenvalue weighted by molar-refractivity contribution is 8.00. The Labute approximate surface area is 122 Å². The van der Waals surface area contributed by atoms with Gasteiger partial charge in [-0.05, 0) is 30.7 Å². The van der Waals surface area contributed by atoms with Gasteiger partial charge in [0.1, 0.15) is 4.21 Å². The van der Waals surface area contributed by atoms with Gasteiger partial charge >= 0.3 is 0 Å². The topological polar surface area (TPSA) is 66.4 Å². The Morgan fingerprint density at radius 3 is 2.89 bits per heavy atom. The summed E-state index contributed by atoms with van der Waals surface area (Å²) in [4.78, 5) is 0.672. The summed E-state index contributed by atoms with van der Waals surface area (Å²) in [5.74, 6) is 1.01. The standard InChI is InChI=1S/C12H19NO3S3/c1-2-17-11-5-3-4-10(11)13-19(15,16)12-7-6-9(8-14)18-12/h6-7,10-11,13-14H,2-5,8H2,1H3. The first-order valence-corrected chi connectivity index (χ1v) is 9.75. The van der Waals surface area contributed by atoms with Crippen molar-refractivity contribution in [2.24, 2.45) is 0 Å². The van der Waals surface area contributed by atoms with Crippen LogP contribution in [0.1, 0.15) is 31.1 Å². The number of nitrogens with one attached hydrogen (secondary N) is 1. The number of aliphatic hydroxyl groups excluding tert-OH is 1. The molecule has 0 bridgehead atoms. The number of sulfonamides is 1. The molecule has 2 N–H and O–H groups in total. The summed E-state index contributed by atoms with van der Waals surface area (Å²) in [6.45, 7) is 1.99. The third kappa shape index (κ3) is 3.72. The fourth-order valence-corrected chi connectivity index (χ4v) is 6.15. The Morgan fingerprint density at radius 2 is 2.26 bits per heavy atom. The lowest BCUT2D eigenvalue weighted by molar-refractivity contribution is 0.285. The minimum atomic E-state index is -3.44. The summed E-state index contributed by atoms with van der Waals surface area (Å²) in [6, 6.07) is 3.26. The molecule has 7 heteroatoms. The Morgan fingerprint density at radius 1 is 1.47 bits per heavy atom. The van der Waals surface area contributed by atoms with E-state index in [0.29, 0.717) is 14.3 Å². The van der Waals surface area contributed by atoms with Gasteiger partial charge in [-0.2, -0.15) is 11.8 Å². The third-order valence-corrected chi connectivity index (χ3v) is 7.57. The predicted molar refractivity (Wildman–Crippen MR) is 80.1 cm³/mol. The first-order valence-electron chi connectivity index (χ1n) is 6.40. The molecule has 1 aromatic rings. The predicted octanol–water partition coefficient (Wildman–Crippen LogP) is 2.19. The van der Waals surface area contributed by atoms with Crippen LogP contribution in [0.5, 0.6) is 0 Å². The van der Waals surface area contributed by atoms with Crippen LogP contribution < -0.4 is 4.72 Å². The third-order valence-electron chi connectivity index (χ3n) is 3.20.